The van der Waals surface area contributed by atoms with E-state index in [1.807, 2.05) is 31.3 Å². The van der Waals surface area contributed by atoms with E-state index < -0.39 is 0 Å². The van der Waals surface area contributed by atoms with Crippen LogP contribution in [-0.2, 0) is 0 Å². The van der Waals surface area contributed by atoms with E-state index in [-0.39, 0.29) is 5.82 Å². The molecule has 3 heterocycles. The second kappa shape index (κ2) is 8.31. The molecule has 6 nitrogen and oxygen atoms in total. The molecule has 34 heavy (non-hydrogen) atoms. The van der Waals surface area contributed by atoms with E-state index in [0.29, 0.717) is 29.5 Å². The SMILES string of the molecule is Cc1noc(-c2ccc3nc([C@@H](C)C4CCC(c5ccnc6ccc(F)cc56)CC4)[nH]c3c2)n1. The lowest BCUT2D eigenvalue weighted by Gasteiger charge is -2.32. The van der Waals surface area contributed by atoms with E-state index in [2.05, 4.69) is 33.1 Å². The number of imidazole rings is 1. The summed E-state index contributed by atoms with van der Waals surface area (Å²) in [5, 5.41) is 4.83. The number of hydrogen-bond donors (Lipinski definition) is 1. The van der Waals surface area contributed by atoms with Crippen molar-refractivity contribution in [2.75, 3.05) is 0 Å². The number of aryl methyl sites for hydroxylation is 1. The summed E-state index contributed by atoms with van der Waals surface area (Å²) in [6, 6.07) is 12.9. The van der Waals surface area contributed by atoms with Crippen LogP contribution in [0.1, 0.15) is 61.7 Å². The van der Waals surface area contributed by atoms with Gasteiger partial charge in [-0.15, -0.1) is 0 Å². The molecule has 7 heteroatoms. The molecule has 1 fully saturated rings. The third-order valence-corrected chi connectivity index (χ3v) is 7.36. The molecular weight excluding hydrogens is 429 g/mol. The average Bonchev–Trinajstić information content (AvgIpc) is 3.49. The van der Waals surface area contributed by atoms with Gasteiger partial charge in [0.05, 0.1) is 16.6 Å². The number of fused-ring (bicyclic) bond motifs is 2. The van der Waals surface area contributed by atoms with Gasteiger partial charge in [-0.05, 0) is 92.5 Å². The van der Waals surface area contributed by atoms with Gasteiger partial charge in [-0.1, -0.05) is 12.1 Å². The monoisotopic (exact) mass is 455 g/mol. The predicted molar refractivity (Wildman–Crippen MR) is 129 cm³/mol. The Labute approximate surface area is 196 Å². The van der Waals surface area contributed by atoms with Gasteiger partial charge < -0.3 is 9.51 Å². The maximum absolute atomic E-state index is 13.9. The number of H-pyrrole nitrogens is 1. The Morgan fingerprint density at radius 2 is 1.82 bits per heavy atom. The van der Waals surface area contributed by atoms with Crippen molar-refractivity contribution in [3.8, 4) is 11.5 Å². The first-order chi connectivity index (χ1) is 16.5. The van der Waals surface area contributed by atoms with E-state index in [4.69, 9.17) is 9.51 Å². The zero-order chi connectivity index (χ0) is 23.2. The van der Waals surface area contributed by atoms with Crippen LogP contribution in [0.15, 0.2) is 53.2 Å². The fraction of sp³-hybridized carbons (Fsp3) is 0.333. The van der Waals surface area contributed by atoms with Crippen molar-refractivity contribution in [1.29, 1.82) is 0 Å². The van der Waals surface area contributed by atoms with Crippen LogP contribution in [0.3, 0.4) is 0 Å². The first kappa shape index (κ1) is 21.0. The van der Waals surface area contributed by atoms with E-state index in [1.165, 1.54) is 11.6 Å². The third kappa shape index (κ3) is 3.75. The highest BCUT2D eigenvalue weighted by atomic mass is 19.1. The van der Waals surface area contributed by atoms with Gasteiger partial charge in [0.2, 0.25) is 0 Å². The van der Waals surface area contributed by atoms with Crippen LogP contribution in [0.2, 0.25) is 0 Å². The van der Waals surface area contributed by atoms with Crippen LogP contribution in [0.25, 0.3) is 33.4 Å². The molecule has 0 unspecified atom stereocenters. The molecule has 0 aliphatic heterocycles. The van der Waals surface area contributed by atoms with Crippen molar-refractivity contribution >= 4 is 21.9 Å². The van der Waals surface area contributed by atoms with Crippen LogP contribution < -0.4 is 0 Å². The molecule has 6 rings (SSSR count). The molecule has 0 bridgehead atoms. The summed E-state index contributed by atoms with van der Waals surface area (Å²) in [5.74, 6) is 3.28. The zero-order valence-corrected chi connectivity index (χ0v) is 19.3. The second-order valence-electron chi connectivity index (χ2n) is 9.46. The Hall–Kier alpha value is -3.61. The van der Waals surface area contributed by atoms with Gasteiger partial charge in [0.1, 0.15) is 11.6 Å². The summed E-state index contributed by atoms with van der Waals surface area (Å²) in [6.45, 7) is 4.08. The molecule has 0 spiro atoms. The molecular formula is C27H26FN5O. The smallest absolute Gasteiger partial charge is 0.257 e. The number of aromatic nitrogens is 5. The van der Waals surface area contributed by atoms with Crippen LogP contribution in [0.4, 0.5) is 4.39 Å². The number of rotatable bonds is 4. The quantitative estimate of drug-likeness (QED) is 0.327. The normalized spacial score (nSPS) is 19.6. The highest BCUT2D eigenvalue weighted by Gasteiger charge is 2.29. The molecule has 1 saturated carbocycles. The Morgan fingerprint density at radius 3 is 2.62 bits per heavy atom. The molecule has 1 aliphatic rings. The highest BCUT2D eigenvalue weighted by Crippen LogP contribution is 2.43. The van der Waals surface area contributed by atoms with Gasteiger partial charge in [0.15, 0.2) is 5.82 Å². The highest BCUT2D eigenvalue weighted by molar-refractivity contribution is 5.82. The molecule has 0 saturated heterocycles. The minimum atomic E-state index is -0.202. The minimum absolute atomic E-state index is 0.202. The fourth-order valence-corrected chi connectivity index (χ4v) is 5.44. The number of aromatic amines is 1. The Balaban J connectivity index is 1.19. The summed E-state index contributed by atoms with van der Waals surface area (Å²) in [6.07, 6.45) is 6.27. The molecule has 172 valence electrons. The lowest BCUT2D eigenvalue weighted by atomic mass is 9.73. The number of nitrogens with zero attached hydrogens (tertiary/aromatic N) is 4. The molecule has 5 aromatic rings. The summed E-state index contributed by atoms with van der Waals surface area (Å²) < 4.78 is 19.2. The van der Waals surface area contributed by atoms with Gasteiger partial charge in [0.25, 0.3) is 5.89 Å². The van der Waals surface area contributed by atoms with Gasteiger partial charge in [-0.2, -0.15) is 4.98 Å². The zero-order valence-electron chi connectivity index (χ0n) is 19.3. The van der Waals surface area contributed by atoms with Gasteiger partial charge in [0, 0.05) is 23.1 Å². The maximum Gasteiger partial charge on any atom is 0.257 e. The first-order valence-corrected chi connectivity index (χ1v) is 11.9. The number of nitrogens with one attached hydrogen (secondary N) is 1. The van der Waals surface area contributed by atoms with Crippen molar-refractivity contribution in [2.45, 2.75) is 51.4 Å². The van der Waals surface area contributed by atoms with E-state index >= 15 is 0 Å². The fourth-order valence-electron chi connectivity index (χ4n) is 5.44. The average molecular weight is 456 g/mol. The molecule has 3 aromatic heterocycles. The van der Waals surface area contributed by atoms with Crippen LogP contribution in [0, 0.1) is 18.7 Å². The number of benzene rings is 2. The van der Waals surface area contributed by atoms with Crippen LogP contribution in [0.5, 0.6) is 0 Å². The second-order valence-corrected chi connectivity index (χ2v) is 9.46. The molecule has 1 atom stereocenters. The topological polar surface area (TPSA) is 80.5 Å². The van der Waals surface area contributed by atoms with Crippen molar-refractivity contribution in [3.63, 3.8) is 0 Å². The van der Waals surface area contributed by atoms with Gasteiger partial charge >= 0.3 is 0 Å². The van der Waals surface area contributed by atoms with Gasteiger partial charge in [-0.25, -0.2) is 9.37 Å². The standard InChI is InChI=1S/C27H26FN5O/c1-15(26-31-24-9-7-19(13-25(24)32-26)27-30-16(2)33-34-27)17-3-5-18(6-4-17)21-11-12-29-23-10-8-20(28)14-22(21)23/h7-15,17-18H,3-6H2,1-2H3,(H,31,32)/t15-,17?,18?/m0/s1. The number of hydrogen-bond acceptors (Lipinski definition) is 5. The van der Waals surface area contributed by atoms with Crippen molar-refractivity contribution < 1.29 is 8.91 Å². The lowest BCUT2D eigenvalue weighted by molar-refractivity contribution is 0.286. The van der Waals surface area contributed by atoms with Crippen LogP contribution in [-0.4, -0.2) is 25.1 Å². The summed E-state index contributed by atoms with van der Waals surface area (Å²) in [7, 11) is 0. The van der Waals surface area contributed by atoms with Crippen molar-refractivity contribution in [3.05, 3.63) is 71.7 Å². The van der Waals surface area contributed by atoms with Crippen LogP contribution >= 0.6 is 0 Å². The number of halogens is 1. The van der Waals surface area contributed by atoms with E-state index in [9.17, 15) is 4.39 Å². The molecule has 1 N–H and O–H groups in total. The minimum Gasteiger partial charge on any atom is -0.342 e. The third-order valence-electron chi connectivity index (χ3n) is 7.36. The lowest BCUT2D eigenvalue weighted by Crippen LogP contribution is -2.19. The molecule has 2 aromatic carbocycles. The molecule has 0 radical (unpaired) electrons. The Kier molecular flexibility index (Phi) is 5.12. The maximum atomic E-state index is 13.9. The molecule has 0 amide bonds. The van der Waals surface area contributed by atoms with Crippen molar-refractivity contribution in [2.24, 2.45) is 5.92 Å². The Morgan fingerprint density at radius 1 is 1.00 bits per heavy atom. The predicted octanol–water partition coefficient (Wildman–Crippen LogP) is 6.69. The summed E-state index contributed by atoms with van der Waals surface area (Å²) >= 11 is 0. The summed E-state index contributed by atoms with van der Waals surface area (Å²) in [5.41, 5.74) is 4.90. The van der Waals surface area contributed by atoms with E-state index in [0.717, 1.165) is 59.0 Å². The van der Waals surface area contributed by atoms with Crippen molar-refractivity contribution in [1.82, 2.24) is 25.1 Å². The van der Waals surface area contributed by atoms with Gasteiger partial charge in [-0.3, -0.25) is 4.98 Å². The Bertz CT molecular complexity index is 1480. The molecule has 1 aliphatic carbocycles. The van der Waals surface area contributed by atoms with E-state index in [1.54, 1.807) is 12.1 Å². The number of pyridine rings is 1. The largest absolute Gasteiger partial charge is 0.342 e. The summed E-state index contributed by atoms with van der Waals surface area (Å²) in [4.78, 5) is 17.2. The first-order valence-electron chi connectivity index (χ1n) is 11.9.